The van der Waals surface area contributed by atoms with Gasteiger partial charge in [0.15, 0.2) is 0 Å². The minimum absolute atomic E-state index is 0.678. The Labute approximate surface area is 84.9 Å². The van der Waals surface area contributed by atoms with Gasteiger partial charge in [0.2, 0.25) is 0 Å². The minimum atomic E-state index is 0.678. The van der Waals surface area contributed by atoms with Crippen LogP contribution in [0.2, 0.25) is 0 Å². The molecule has 2 N–H and O–H groups in total. The third kappa shape index (κ3) is 2.79. The molecule has 1 saturated heterocycles. The fourth-order valence-corrected chi connectivity index (χ4v) is 1.82. The second kappa shape index (κ2) is 5.08. The van der Waals surface area contributed by atoms with E-state index in [2.05, 4.69) is 27.8 Å². The summed E-state index contributed by atoms with van der Waals surface area (Å²) in [5.41, 5.74) is 1.30. The van der Waals surface area contributed by atoms with Crippen molar-refractivity contribution in [2.75, 3.05) is 13.1 Å². The van der Waals surface area contributed by atoms with Gasteiger partial charge in [0.05, 0.1) is 0 Å². The molecule has 0 radical (unpaired) electrons. The normalized spacial score (nSPS) is 21.3. The van der Waals surface area contributed by atoms with Gasteiger partial charge in [0, 0.05) is 31.5 Å². The molecule has 0 saturated carbocycles. The van der Waals surface area contributed by atoms with Gasteiger partial charge in [-0.2, -0.15) is 0 Å². The van der Waals surface area contributed by atoms with Crippen molar-refractivity contribution in [3.8, 4) is 0 Å². The molecule has 0 spiro atoms. The summed E-state index contributed by atoms with van der Waals surface area (Å²) in [6.45, 7) is 3.20. The van der Waals surface area contributed by atoms with Gasteiger partial charge in [-0.05, 0) is 37.1 Å². The molecule has 0 aromatic carbocycles. The first-order valence-electron chi connectivity index (χ1n) is 5.28. The maximum absolute atomic E-state index is 3.99. The lowest BCUT2D eigenvalue weighted by molar-refractivity contribution is 0.535. The predicted octanol–water partition coefficient (Wildman–Crippen LogP) is 0.923. The van der Waals surface area contributed by atoms with E-state index in [9.17, 15) is 0 Å². The Morgan fingerprint density at radius 2 is 2.29 bits per heavy atom. The maximum Gasteiger partial charge on any atom is 0.0271 e. The van der Waals surface area contributed by atoms with E-state index in [4.69, 9.17) is 0 Å². The summed E-state index contributed by atoms with van der Waals surface area (Å²) in [5, 5.41) is 6.92. The Bertz CT molecular complexity index is 254. The molecule has 2 rings (SSSR count). The monoisotopic (exact) mass is 191 g/mol. The van der Waals surface area contributed by atoms with Crippen LogP contribution in [0.15, 0.2) is 24.5 Å². The second-order valence-electron chi connectivity index (χ2n) is 3.78. The van der Waals surface area contributed by atoms with E-state index in [-0.39, 0.29) is 0 Å². The van der Waals surface area contributed by atoms with Crippen molar-refractivity contribution in [3.63, 3.8) is 0 Å². The van der Waals surface area contributed by atoms with Crippen LogP contribution in [0.3, 0.4) is 0 Å². The van der Waals surface area contributed by atoms with Gasteiger partial charge in [-0.25, -0.2) is 0 Å². The summed E-state index contributed by atoms with van der Waals surface area (Å²) in [4.78, 5) is 3.99. The fourth-order valence-electron chi connectivity index (χ4n) is 1.82. The highest BCUT2D eigenvalue weighted by Crippen LogP contribution is 2.03. The highest BCUT2D eigenvalue weighted by atomic mass is 15.0. The summed E-state index contributed by atoms with van der Waals surface area (Å²) < 4.78 is 0. The van der Waals surface area contributed by atoms with Gasteiger partial charge >= 0.3 is 0 Å². The van der Waals surface area contributed by atoms with Gasteiger partial charge in [0.25, 0.3) is 0 Å². The number of aromatic nitrogens is 1. The minimum Gasteiger partial charge on any atom is -0.313 e. The summed E-state index contributed by atoms with van der Waals surface area (Å²) in [5.74, 6) is 0. The lowest BCUT2D eigenvalue weighted by Gasteiger charge is -2.11. The van der Waals surface area contributed by atoms with Crippen LogP contribution in [0.5, 0.6) is 0 Å². The van der Waals surface area contributed by atoms with Crippen LogP contribution in [0.25, 0.3) is 0 Å². The average Bonchev–Trinajstić information content (AvgIpc) is 2.72. The molecule has 3 nitrogen and oxygen atoms in total. The highest BCUT2D eigenvalue weighted by molar-refractivity contribution is 5.09. The molecule has 0 unspecified atom stereocenters. The van der Waals surface area contributed by atoms with Crippen LogP contribution in [0, 0.1) is 0 Å². The van der Waals surface area contributed by atoms with Crippen LogP contribution in [0.1, 0.15) is 18.4 Å². The quantitative estimate of drug-likeness (QED) is 0.743. The topological polar surface area (TPSA) is 37.0 Å². The largest absolute Gasteiger partial charge is 0.313 e. The lowest BCUT2D eigenvalue weighted by atomic mass is 10.2. The van der Waals surface area contributed by atoms with E-state index in [1.54, 1.807) is 0 Å². The van der Waals surface area contributed by atoms with E-state index in [1.165, 1.54) is 24.9 Å². The van der Waals surface area contributed by atoms with Crippen molar-refractivity contribution in [1.82, 2.24) is 15.6 Å². The van der Waals surface area contributed by atoms with Crippen molar-refractivity contribution in [1.29, 1.82) is 0 Å². The van der Waals surface area contributed by atoms with Gasteiger partial charge in [0.1, 0.15) is 0 Å². The fraction of sp³-hybridized carbons (Fsp3) is 0.545. The molecule has 76 valence electrons. The van der Waals surface area contributed by atoms with Crippen LogP contribution in [0.4, 0.5) is 0 Å². The van der Waals surface area contributed by atoms with Crippen molar-refractivity contribution in [2.24, 2.45) is 0 Å². The van der Waals surface area contributed by atoms with Crippen molar-refractivity contribution in [2.45, 2.75) is 25.4 Å². The maximum atomic E-state index is 3.99. The summed E-state index contributed by atoms with van der Waals surface area (Å²) in [7, 11) is 0. The zero-order valence-electron chi connectivity index (χ0n) is 8.37. The number of rotatable bonds is 4. The molecule has 14 heavy (non-hydrogen) atoms. The molecule has 1 aliphatic heterocycles. The van der Waals surface area contributed by atoms with Crippen molar-refractivity contribution >= 4 is 0 Å². The molecule has 2 heterocycles. The summed E-state index contributed by atoms with van der Waals surface area (Å²) in [6.07, 6.45) is 6.31. The number of hydrogen-bond donors (Lipinski definition) is 2. The Kier molecular flexibility index (Phi) is 3.49. The number of pyridine rings is 1. The molecule has 1 aliphatic rings. The summed E-state index contributed by atoms with van der Waals surface area (Å²) >= 11 is 0. The number of nitrogens with zero attached hydrogens (tertiary/aromatic N) is 1. The molecule has 0 aliphatic carbocycles. The average molecular weight is 191 g/mol. The van der Waals surface area contributed by atoms with E-state index >= 15 is 0 Å². The third-order valence-corrected chi connectivity index (χ3v) is 2.63. The van der Waals surface area contributed by atoms with E-state index in [1.807, 2.05) is 12.4 Å². The molecular formula is C11H17N3. The number of nitrogens with one attached hydrogen (secondary N) is 2. The van der Waals surface area contributed by atoms with Crippen LogP contribution >= 0.6 is 0 Å². The zero-order valence-corrected chi connectivity index (χ0v) is 8.37. The van der Waals surface area contributed by atoms with Gasteiger partial charge in [-0.1, -0.05) is 0 Å². The third-order valence-electron chi connectivity index (χ3n) is 2.63. The smallest absolute Gasteiger partial charge is 0.0271 e. The highest BCUT2D eigenvalue weighted by Gasteiger charge is 2.12. The Morgan fingerprint density at radius 1 is 1.43 bits per heavy atom. The summed E-state index contributed by atoms with van der Waals surface area (Å²) in [6, 6.07) is 4.78. The zero-order chi connectivity index (χ0) is 9.64. The first-order chi connectivity index (χ1) is 6.95. The molecule has 1 fully saturated rings. The van der Waals surface area contributed by atoms with E-state index < -0.39 is 0 Å². The predicted molar refractivity (Wildman–Crippen MR) is 57.0 cm³/mol. The Hall–Kier alpha value is -0.930. The number of hydrogen-bond acceptors (Lipinski definition) is 3. The standard InChI is InChI=1S/C11H17N3/c1-2-11(14-5-1)9-13-8-10-3-6-12-7-4-10/h3-4,6-7,11,13-14H,1-2,5,8-9H2/t11-/m0/s1. The molecule has 1 aromatic heterocycles. The first kappa shape index (κ1) is 9.62. The van der Waals surface area contributed by atoms with E-state index in [0.29, 0.717) is 6.04 Å². The molecule has 0 bridgehead atoms. The molecule has 1 aromatic rings. The van der Waals surface area contributed by atoms with Gasteiger partial charge in [-0.3, -0.25) is 4.98 Å². The lowest BCUT2D eigenvalue weighted by Crippen LogP contribution is -2.33. The second-order valence-corrected chi connectivity index (χ2v) is 3.78. The Morgan fingerprint density at radius 3 is 3.00 bits per heavy atom. The molecule has 0 amide bonds. The molecular weight excluding hydrogens is 174 g/mol. The van der Waals surface area contributed by atoms with Gasteiger partial charge < -0.3 is 10.6 Å². The van der Waals surface area contributed by atoms with Crippen molar-refractivity contribution in [3.05, 3.63) is 30.1 Å². The molecule has 3 heteroatoms. The van der Waals surface area contributed by atoms with Gasteiger partial charge in [-0.15, -0.1) is 0 Å². The molecule has 1 atom stereocenters. The van der Waals surface area contributed by atoms with Crippen LogP contribution < -0.4 is 10.6 Å². The van der Waals surface area contributed by atoms with Crippen LogP contribution in [-0.2, 0) is 6.54 Å². The van der Waals surface area contributed by atoms with Crippen LogP contribution in [-0.4, -0.2) is 24.1 Å². The SMILES string of the molecule is c1cc(CNC[C@@H]2CCCN2)ccn1. The van der Waals surface area contributed by atoms with E-state index in [0.717, 1.165) is 13.1 Å². The Balaban J connectivity index is 1.67. The first-order valence-corrected chi connectivity index (χ1v) is 5.28. The van der Waals surface area contributed by atoms with Crippen molar-refractivity contribution < 1.29 is 0 Å².